The number of thioether (sulfide) groups is 1. The second-order valence-corrected chi connectivity index (χ2v) is 6.86. The smallest absolute Gasteiger partial charge is 0.410 e. The summed E-state index contributed by atoms with van der Waals surface area (Å²) >= 11 is 6.68. The number of piperazine rings is 1. The van der Waals surface area contributed by atoms with Gasteiger partial charge in [0.2, 0.25) is 0 Å². The molecule has 2 N–H and O–H groups in total. The van der Waals surface area contributed by atoms with Gasteiger partial charge in [-0.3, -0.25) is 4.90 Å². The Labute approximate surface area is 129 Å². The molecule has 0 radical (unpaired) electrons. The van der Waals surface area contributed by atoms with Gasteiger partial charge >= 0.3 is 6.09 Å². The van der Waals surface area contributed by atoms with Gasteiger partial charge in [-0.25, -0.2) is 4.79 Å². The summed E-state index contributed by atoms with van der Waals surface area (Å²) in [6.45, 7) is 9.61. The van der Waals surface area contributed by atoms with Gasteiger partial charge in [-0.05, 0) is 20.8 Å². The fraction of sp³-hybridized carbons (Fsp3) is 0.833. The zero-order valence-corrected chi connectivity index (χ0v) is 13.8. The molecule has 1 rings (SSSR count). The molecule has 0 aliphatic carbocycles. The molecule has 1 aliphatic heterocycles. The zero-order valence-electron chi connectivity index (χ0n) is 12.3. The van der Waals surface area contributed by atoms with Crippen molar-refractivity contribution >= 4 is 34.8 Å². The molecule has 0 aromatic rings. The molecular weight excluding hydrogens is 300 g/mol. The van der Waals surface area contributed by atoms with Crippen LogP contribution < -0.4 is 5.73 Å². The Balaban J connectivity index is 2.24. The Kier molecular flexibility index (Phi) is 6.91. The molecule has 0 unspecified atom stereocenters. The van der Waals surface area contributed by atoms with E-state index in [0.29, 0.717) is 18.3 Å². The first-order valence-electron chi connectivity index (χ1n) is 6.59. The molecule has 116 valence electrons. The standard InChI is InChI=1S/C12H23ClN4O2S/c1-12(2,3)19-11(18)17-6-4-16(5-7-17)8-9-20-10(14)15-13/h4-9H2,1-3H3,(H2,14,15). The number of rotatable bonds is 3. The third-order valence-electron chi connectivity index (χ3n) is 2.76. The van der Waals surface area contributed by atoms with Crippen molar-refractivity contribution in [1.29, 1.82) is 0 Å². The van der Waals surface area contributed by atoms with Crippen LogP contribution in [0.3, 0.4) is 0 Å². The van der Waals surface area contributed by atoms with Gasteiger partial charge in [-0.2, -0.15) is 4.51 Å². The van der Waals surface area contributed by atoms with E-state index in [1.807, 2.05) is 20.8 Å². The summed E-state index contributed by atoms with van der Waals surface area (Å²) in [5.41, 5.74) is 5.06. The van der Waals surface area contributed by atoms with E-state index in [9.17, 15) is 4.79 Å². The lowest BCUT2D eigenvalue weighted by molar-refractivity contribution is 0.0150. The second kappa shape index (κ2) is 7.95. The lowest BCUT2D eigenvalue weighted by Crippen LogP contribution is -2.50. The van der Waals surface area contributed by atoms with E-state index in [0.717, 1.165) is 25.4 Å². The van der Waals surface area contributed by atoms with Crippen molar-refractivity contribution in [2.75, 3.05) is 38.5 Å². The van der Waals surface area contributed by atoms with Crippen LogP contribution in [-0.2, 0) is 4.74 Å². The van der Waals surface area contributed by atoms with Crippen LogP contribution in [0.2, 0.25) is 0 Å². The Morgan fingerprint density at radius 2 is 1.95 bits per heavy atom. The van der Waals surface area contributed by atoms with E-state index in [4.69, 9.17) is 22.2 Å². The van der Waals surface area contributed by atoms with Crippen LogP contribution in [0, 0.1) is 0 Å². The molecule has 8 heteroatoms. The maximum Gasteiger partial charge on any atom is 0.410 e. The van der Waals surface area contributed by atoms with Crippen LogP contribution in [0.25, 0.3) is 0 Å². The van der Waals surface area contributed by atoms with Crippen LogP contribution in [0.5, 0.6) is 0 Å². The number of amidine groups is 1. The first kappa shape index (κ1) is 17.4. The van der Waals surface area contributed by atoms with Gasteiger partial charge in [0.05, 0.1) is 0 Å². The SMILES string of the molecule is CC(C)(C)OC(=O)N1CCN(CCSC(N)=NCl)CC1. The molecule has 0 aromatic heterocycles. The minimum Gasteiger partial charge on any atom is -0.444 e. The lowest BCUT2D eigenvalue weighted by atomic mass is 10.2. The van der Waals surface area contributed by atoms with Crippen LogP contribution in [0.1, 0.15) is 20.8 Å². The molecule has 1 fully saturated rings. The third kappa shape index (κ3) is 6.67. The quantitative estimate of drug-likeness (QED) is 0.633. The van der Waals surface area contributed by atoms with Crippen molar-refractivity contribution in [3.63, 3.8) is 0 Å². The first-order chi connectivity index (χ1) is 9.31. The number of amides is 1. The maximum absolute atomic E-state index is 11.9. The average Bonchev–Trinajstić information content (AvgIpc) is 2.37. The second-order valence-electron chi connectivity index (χ2n) is 5.58. The van der Waals surface area contributed by atoms with Crippen LogP contribution in [0.15, 0.2) is 4.51 Å². The zero-order chi connectivity index (χ0) is 15.2. The van der Waals surface area contributed by atoms with Gasteiger partial charge < -0.3 is 15.4 Å². The van der Waals surface area contributed by atoms with Crippen LogP contribution in [-0.4, -0.2) is 65.1 Å². The van der Waals surface area contributed by atoms with Crippen LogP contribution >= 0.6 is 23.5 Å². The van der Waals surface area contributed by atoms with Gasteiger partial charge in [0.25, 0.3) is 0 Å². The van der Waals surface area contributed by atoms with Crippen molar-refractivity contribution in [3.8, 4) is 0 Å². The summed E-state index contributed by atoms with van der Waals surface area (Å²) in [5, 5.41) is 0.388. The highest BCUT2D eigenvalue weighted by molar-refractivity contribution is 8.13. The third-order valence-corrected chi connectivity index (χ3v) is 3.82. The van der Waals surface area contributed by atoms with E-state index in [1.54, 1.807) is 4.90 Å². The monoisotopic (exact) mass is 322 g/mol. The lowest BCUT2D eigenvalue weighted by Gasteiger charge is -2.35. The van der Waals surface area contributed by atoms with E-state index in [1.165, 1.54) is 11.8 Å². The van der Waals surface area contributed by atoms with E-state index in [2.05, 4.69) is 9.41 Å². The highest BCUT2D eigenvalue weighted by Gasteiger charge is 2.25. The highest BCUT2D eigenvalue weighted by Crippen LogP contribution is 2.12. The van der Waals surface area contributed by atoms with Crippen molar-refractivity contribution in [2.45, 2.75) is 26.4 Å². The van der Waals surface area contributed by atoms with Crippen molar-refractivity contribution in [2.24, 2.45) is 10.2 Å². The van der Waals surface area contributed by atoms with E-state index >= 15 is 0 Å². The summed E-state index contributed by atoms with van der Waals surface area (Å²) in [4.78, 5) is 15.9. The van der Waals surface area contributed by atoms with E-state index < -0.39 is 5.60 Å². The molecule has 0 aromatic carbocycles. The molecule has 0 atom stereocenters. The summed E-state index contributed by atoms with van der Waals surface area (Å²) in [5.74, 6) is 0.842. The van der Waals surface area contributed by atoms with Gasteiger partial charge in [-0.1, -0.05) is 11.8 Å². The summed E-state index contributed by atoms with van der Waals surface area (Å²) in [7, 11) is 0. The topological polar surface area (TPSA) is 71.2 Å². The molecule has 1 saturated heterocycles. The number of nitrogens with two attached hydrogens (primary N) is 1. The number of hydrogen-bond acceptors (Lipinski definition) is 5. The maximum atomic E-state index is 11.9. The number of carbonyl (C=O) groups is 1. The Morgan fingerprint density at radius 1 is 1.35 bits per heavy atom. The largest absolute Gasteiger partial charge is 0.444 e. The predicted molar refractivity (Wildman–Crippen MR) is 84.2 cm³/mol. The van der Waals surface area contributed by atoms with Crippen molar-refractivity contribution < 1.29 is 9.53 Å². The van der Waals surface area contributed by atoms with Gasteiger partial charge in [0, 0.05) is 50.3 Å². The van der Waals surface area contributed by atoms with Crippen LogP contribution in [0.4, 0.5) is 4.79 Å². The molecule has 0 bridgehead atoms. The molecule has 1 aliphatic rings. The van der Waals surface area contributed by atoms with Gasteiger partial charge in [-0.15, -0.1) is 0 Å². The van der Waals surface area contributed by atoms with Gasteiger partial charge in [0.15, 0.2) is 5.17 Å². The Hall–Kier alpha value is -0.660. The predicted octanol–water partition coefficient (Wildman–Crippen LogP) is 1.74. The number of halogens is 1. The number of hydrogen-bond donors (Lipinski definition) is 1. The molecule has 6 nitrogen and oxygen atoms in total. The molecule has 0 spiro atoms. The molecule has 1 amide bonds. The Bertz CT molecular complexity index is 352. The molecule has 0 saturated carbocycles. The number of carbonyl (C=O) groups excluding carboxylic acids is 1. The van der Waals surface area contributed by atoms with Crippen molar-refractivity contribution in [1.82, 2.24) is 9.80 Å². The minimum absolute atomic E-state index is 0.231. The van der Waals surface area contributed by atoms with Gasteiger partial charge in [0.1, 0.15) is 5.60 Å². The van der Waals surface area contributed by atoms with Crippen molar-refractivity contribution in [3.05, 3.63) is 0 Å². The minimum atomic E-state index is -0.441. The molecule has 1 heterocycles. The Morgan fingerprint density at radius 3 is 2.45 bits per heavy atom. The van der Waals surface area contributed by atoms with E-state index in [-0.39, 0.29) is 6.09 Å². The summed E-state index contributed by atoms with van der Waals surface area (Å²) in [6, 6.07) is 0. The highest BCUT2D eigenvalue weighted by atomic mass is 35.5. The molecular formula is C12H23ClN4O2S. The fourth-order valence-corrected chi connectivity index (χ4v) is 2.54. The number of ether oxygens (including phenoxy) is 1. The summed E-state index contributed by atoms with van der Waals surface area (Å²) in [6.07, 6.45) is -0.231. The average molecular weight is 323 g/mol. The molecule has 20 heavy (non-hydrogen) atoms. The first-order valence-corrected chi connectivity index (χ1v) is 7.91. The number of nitrogens with zero attached hydrogens (tertiary/aromatic N) is 3. The normalized spacial score (nSPS) is 18.2. The summed E-state index contributed by atoms with van der Waals surface area (Å²) < 4.78 is 8.74. The fourth-order valence-electron chi connectivity index (χ4n) is 1.78.